The highest BCUT2D eigenvalue weighted by Crippen LogP contribution is 2.27. The molecule has 0 aliphatic heterocycles. The van der Waals surface area contributed by atoms with Crippen molar-refractivity contribution in [1.29, 1.82) is 0 Å². The van der Waals surface area contributed by atoms with E-state index in [1.807, 2.05) is 25.1 Å². The van der Waals surface area contributed by atoms with Gasteiger partial charge in [0.15, 0.2) is 0 Å². The van der Waals surface area contributed by atoms with E-state index in [1.165, 1.54) is 0 Å². The van der Waals surface area contributed by atoms with Crippen LogP contribution in [0.4, 0.5) is 0 Å². The van der Waals surface area contributed by atoms with Crippen molar-refractivity contribution in [2.45, 2.75) is 26.3 Å². The van der Waals surface area contributed by atoms with Gasteiger partial charge in [-0.25, -0.2) is 0 Å². The standard InChI is InChI=1S/C13H18BrNO/c1-4-9(2)8-16-13-6-5-11(14)7-12(13)10(3)15/h5-7,10H,2,4,8,15H2,1,3H3/t10-/m0/s1. The van der Waals surface area contributed by atoms with Crippen LogP contribution >= 0.6 is 15.9 Å². The monoisotopic (exact) mass is 283 g/mol. The Morgan fingerprint density at radius 1 is 1.56 bits per heavy atom. The van der Waals surface area contributed by atoms with Crippen LogP contribution in [0.25, 0.3) is 0 Å². The Bertz CT molecular complexity index is 374. The van der Waals surface area contributed by atoms with Crippen molar-refractivity contribution >= 4 is 15.9 Å². The molecular weight excluding hydrogens is 266 g/mol. The minimum atomic E-state index is -0.0395. The Hall–Kier alpha value is -0.800. The van der Waals surface area contributed by atoms with Crippen LogP contribution in [-0.2, 0) is 0 Å². The molecule has 1 aromatic rings. The van der Waals surface area contributed by atoms with E-state index in [0.29, 0.717) is 6.61 Å². The molecule has 0 aromatic heterocycles. The number of hydrogen-bond donors (Lipinski definition) is 1. The number of ether oxygens (including phenoxy) is 1. The molecule has 0 saturated carbocycles. The van der Waals surface area contributed by atoms with Gasteiger partial charge in [0.05, 0.1) is 0 Å². The van der Waals surface area contributed by atoms with E-state index >= 15 is 0 Å². The molecule has 0 amide bonds. The number of halogens is 1. The predicted molar refractivity (Wildman–Crippen MR) is 71.7 cm³/mol. The summed E-state index contributed by atoms with van der Waals surface area (Å²) in [6, 6.07) is 5.85. The van der Waals surface area contributed by atoms with E-state index in [4.69, 9.17) is 10.5 Å². The average molecular weight is 284 g/mol. The van der Waals surface area contributed by atoms with Crippen molar-refractivity contribution in [3.05, 3.63) is 40.4 Å². The van der Waals surface area contributed by atoms with Crippen LogP contribution in [0.3, 0.4) is 0 Å². The van der Waals surface area contributed by atoms with Crippen molar-refractivity contribution < 1.29 is 4.74 Å². The molecule has 16 heavy (non-hydrogen) atoms. The summed E-state index contributed by atoms with van der Waals surface area (Å²) >= 11 is 3.43. The summed E-state index contributed by atoms with van der Waals surface area (Å²) in [6.07, 6.45) is 0.935. The summed E-state index contributed by atoms with van der Waals surface area (Å²) in [4.78, 5) is 0. The third kappa shape index (κ3) is 3.65. The molecule has 0 fully saturated rings. The second-order valence-electron chi connectivity index (χ2n) is 3.86. The lowest BCUT2D eigenvalue weighted by Crippen LogP contribution is -2.09. The third-order valence-corrected chi connectivity index (χ3v) is 2.89. The van der Waals surface area contributed by atoms with E-state index in [9.17, 15) is 0 Å². The summed E-state index contributed by atoms with van der Waals surface area (Å²) in [5.41, 5.74) is 7.99. The van der Waals surface area contributed by atoms with Gasteiger partial charge in [-0.3, -0.25) is 0 Å². The van der Waals surface area contributed by atoms with Gasteiger partial charge in [0.25, 0.3) is 0 Å². The summed E-state index contributed by atoms with van der Waals surface area (Å²) in [7, 11) is 0. The molecule has 0 aliphatic rings. The lowest BCUT2D eigenvalue weighted by atomic mass is 10.1. The zero-order chi connectivity index (χ0) is 12.1. The summed E-state index contributed by atoms with van der Waals surface area (Å²) in [6.45, 7) is 8.49. The first-order valence-corrected chi connectivity index (χ1v) is 6.18. The molecule has 88 valence electrons. The topological polar surface area (TPSA) is 35.2 Å². The fourth-order valence-electron chi connectivity index (χ4n) is 1.29. The first-order valence-electron chi connectivity index (χ1n) is 5.39. The molecule has 0 saturated heterocycles. The maximum atomic E-state index is 5.90. The molecule has 0 aliphatic carbocycles. The lowest BCUT2D eigenvalue weighted by molar-refractivity contribution is 0.343. The fourth-order valence-corrected chi connectivity index (χ4v) is 1.67. The maximum Gasteiger partial charge on any atom is 0.124 e. The van der Waals surface area contributed by atoms with Gasteiger partial charge in [-0.1, -0.05) is 29.4 Å². The van der Waals surface area contributed by atoms with Crippen molar-refractivity contribution in [2.75, 3.05) is 6.61 Å². The molecule has 3 heteroatoms. The Morgan fingerprint density at radius 2 is 2.25 bits per heavy atom. The fraction of sp³-hybridized carbons (Fsp3) is 0.385. The summed E-state index contributed by atoms with van der Waals surface area (Å²) in [5, 5.41) is 0. The second kappa shape index (κ2) is 6.06. The average Bonchev–Trinajstić information content (AvgIpc) is 2.26. The molecule has 0 radical (unpaired) electrons. The van der Waals surface area contributed by atoms with Crippen LogP contribution in [0.5, 0.6) is 5.75 Å². The van der Waals surface area contributed by atoms with Crippen LogP contribution in [0.1, 0.15) is 31.9 Å². The van der Waals surface area contributed by atoms with Gasteiger partial charge in [-0.2, -0.15) is 0 Å². The van der Waals surface area contributed by atoms with E-state index < -0.39 is 0 Å². The van der Waals surface area contributed by atoms with Gasteiger partial charge in [-0.15, -0.1) is 0 Å². The number of hydrogen-bond acceptors (Lipinski definition) is 2. The zero-order valence-corrected chi connectivity index (χ0v) is 11.4. The Morgan fingerprint density at radius 3 is 2.81 bits per heavy atom. The molecule has 0 unspecified atom stereocenters. The highest BCUT2D eigenvalue weighted by molar-refractivity contribution is 9.10. The molecular formula is C13H18BrNO. The van der Waals surface area contributed by atoms with Crippen LogP contribution in [0.15, 0.2) is 34.8 Å². The first kappa shape index (κ1) is 13.3. The minimum absolute atomic E-state index is 0.0395. The second-order valence-corrected chi connectivity index (χ2v) is 4.78. The van der Waals surface area contributed by atoms with Gasteiger partial charge < -0.3 is 10.5 Å². The van der Waals surface area contributed by atoms with Gasteiger partial charge in [0.2, 0.25) is 0 Å². The van der Waals surface area contributed by atoms with E-state index in [1.54, 1.807) is 0 Å². The van der Waals surface area contributed by atoms with Gasteiger partial charge in [0.1, 0.15) is 12.4 Å². The predicted octanol–water partition coefficient (Wildman–Crippen LogP) is 3.81. The summed E-state index contributed by atoms with van der Waals surface area (Å²) in [5.74, 6) is 0.841. The zero-order valence-electron chi connectivity index (χ0n) is 9.79. The Balaban J connectivity index is 2.82. The minimum Gasteiger partial charge on any atom is -0.489 e. The van der Waals surface area contributed by atoms with E-state index in [-0.39, 0.29) is 6.04 Å². The molecule has 2 N–H and O–H groups in total. The molecule has 1 atom stereocenters. The highest BCUT2D eigenvalue weighted by atomic mass is 79.9. The SMILES string of the molecule is C=C(CC)COc1ccc(Br)cc1[C@H](C)N. The highest BCUT2D eigenvalue weighted by Gasteiger charge is 2.08. The smallest absolute Gasteiger partial charge is 0.124 e. The normalized spacial score (nSPS) is 12.2. The Kier molecular flexibility index (Phi) is 5.03. The van der Waals surface area contributed by atoms with Crippen molar-refractivity contribution in [3.8, 4) is 5.75 Å². The molecule has 2 nitrogen and oxygen atoms in total. The van der Waals surface area contributed by atoms with Crippen molar-refractivity contribution in [1.82, 2.24) is 0 Å². The van der Waals surface area contributed by atoms with Crippen LogP contribution in [0, 0.1) is 0 Å². The number of benzene rings is 1. The van der Waals surface area contributed by atoms with Crippen LogP contribution < -0.4 is 10.5 Å². The van der Waals surface area contributed by atoms with Gasteiger partial charge >= 0.3 is 0 Å². The molecule has 1 aromatic carbocycles. The molecule has 1 rings (SSSR count). The van der Waals surface area contributed by atoms with Gasteiger partial charge in [-0.05, 0) is 37.1 Å². The van der Waals surface area contributed by atoms with Crippen LogP contribution in [0.2, 0.25) is 0 Å². The first-order chi connectivity index (χ1) is 7.54. The quantitative estimate of drug-likeness (QED) is 0.834. The van der Waals surface area contributed by atoms with Crippen molar-refractivity contribution in [2.24, 2.45) is 5.73 Å². The molecule has 0 heterocycles. The van der Waals surface area contributed by atoms with E-state index in [0.717, 1.165) is 27.8 Å². The van der Waals surface area contributed by atoms with Crippen LogP contribution in [-0.4, -0.2) is 6.61 Å². The maximum absolute atomic E-state index is 5.90. The van der Waals surface area contributed by atoms with E-state index in [2.05, 4.69) is 29.4 Å². The lowest BCUT2D eigenvalue weighted by Gasteiger charge is -2.14. The Labute approximate surface area is 106 Å². The number of nitrogens with two attached hydrogens (primary N) is 1. The number of rotatable bonds is 5. The molecule has 0 bridgehead atoms. The van der Waals surface area contributed by atoms with Crippen molar-refractivity contribution in [3.63, 3.8) is 0 Å². The molecule has 0 spiro atoms. The third-order valence-electron chi connectivity index (χ3n) is 2.39. The summed E-state index contributed by atoms with van der Waals surface area (Å²) < 4.78 is 6.72. The van der Waals surface area contributed by atoms with Gasteiger partial charge in [0, 0.05) is 16.1 Å². The largest absolute Gasteiger partial charge is 0.489 e.